The van der Waals surface area contributed by atoms with E-state index in [1.165, 1.54) is 18.2 Å². The Bertz CT molecular complexity index is 903. The summed E-state index contributed by atoms with van der Waals surface area (Å²) in [5.41, 5.74) is 0.513. The Labute approximate surface area is 162 Å². The van der Waals surface area contributed by atoms with E-state index < -0.39 is 17.6 Å². The van der Waals surface area contributed by atoms with Gasteiger partial charge in [0.25, 0.3) is 0 Å². The van der Waals surface area contributed by atoms with E-state index in [-0.39, 0.29) is 11.6 Å². The normalized spacial score (nSPS) is 14.2. The highest BCUT2D eigenvalue weighted by Gasteiger charge is 2.23. The van der Waals surface area contributed by atoms with Gasteiger partial charge in [0.05, 0.1) is 11.3 Å². The van der Waals surface area contributed by atoms with Gasteiger partial charge in [-0.2, -0.15) is 5.26 Å². The van der Waals surface area contributed by atoms with Crippen LogP contribution in [0, 0.1) is 23.1 Å². The summed E-state index contributed by atoms with van der Waals surface area (Å²) >= 11 is 0. The molecule has 2 aromatic rings. The summed E-state index contributed by atoms with van der Waals surface area (Å²) in [6.07, 6.45) is 3.27. The molecule has 3 rings (SSSR count). The van der Waals surface area contributed by atoms with Crippen molar-refractivity contribution in [3.63, 3.8) is 0 Å². The monoisotopic (exact) mass is 381 g/mol. The van der Waals surface area contributed by atoms with Crippen LogP contribution in [-0.4, -0.2) is 36.4 Å². The summed E-state index contributed by atoms with van der Waals surface area (Å²) in [5, 5.41) is 14.1. The Hall–Kier alpha value is -3.47. The van der Waals surface area contributed by atoms with E-state index in [0.717, 1.165) is 12.8 Å². The van der Waals surface area contributed by atoms with Crippen LogP contribution in [0.5, 0.6) is 0 Å². The molecule has 0 spiro atoms. The average molecular weight is 381 g/mol. The number of hydrogen-bond donors (Lipinski definition) is 2. The predicted octanol–water partition coefficient (Wildman–Crippen LogP) is 2.06. The van der Waals surface area contributed by atoms with Gasteiger partial charge >= 0.3 is 11.8 Å². The molecule has 28 heavy (non-hydrogen) atoms. The van der Waals surface area contributed by atoms with Crippen LogP contribution in [0.1, 0.15) is 18.4 Å². The first-order chi connectivity index (χ1) is 13.6. The van der Waals surface area contributed by atoms with Crippen molar-refractivity contribution in [1.29, 1.82) is 5.26 Å². The maximum atomic E-state index is 13.5. The third-order valence-electron chi connectivity index (χ3n) is 4.70. The molecule has 7 nitrogen and oxygen atoms in total. The molecule has 1 aliphatic heterocycles. The van der Waals surface area contributed by atoms with Crippen molar-refractivity contribution in [3.8, 4) is 6.07 Å². The molecule has 144 valence electrons. The SMILES string of the molecule is N#Cc1cccnc1N1CCC(CNC(=O)C(=O)Nc2ccccc2F)CC1. The molecule has 2 heterocycles. The highest BCUT2D eigenvalue weighted by atomic mass is 19.1. The summed E-state index contributed by atoms with van der Waals surface area (Å²) in [7, 11) is 0. The number of hydrogen-bond acceptors (Lipinski definition) is 5. The summed E-state index contributed by atoms with van der Waals surface area (Å²) in [6.45, 7) is 1.80. The van der Waals surface area contributed by atoms with Gasteiger partial charge in [-0.3, -0.25) is 9.59 Å². The summed E-state index contributed by atoms with van der Waals surface area (Å²) in [4.78, 5) is 30.2. The van der Waals surface area contributed by atoms with Crippen LogP contribution >= 0.6 is 0 Å². The molecule has 1 fully saturated rings. The lowest BCUT2D eigenvalue weighted by atomic mass is 9.96. The number of benzene rings is 1. The minimum atomic E-state index is -0.894. The molecule has 1 saturated heterocycles. The Morgan fingerprint density at radius 2 is 1.93 bits per heavy atom. The quantitative estimate of drug-likeness (QED) is 0.790. The predicted molar refractivity (Wildman–Crippen MR) is 102 cm³/mol. The standard InChI is InChI=1S/C20H20FN5O2/c21-16-5-1-2-6-17(16)25-20(28)19(27)24-13-14-7-10-26(11-8-14)18-15(12-22)4-3-9-23-18/h1-6,9,14H,7-8,10-11,13H2,(H,24,27)(H,25,28). The lowest BCUT2D eigenvalue weighted by Crippen LogP contribution is -2.42. The fourth-order valence-corrected chi connectivity index (χ4v) is 3.14. The second kappa shape index (κ2) is 8.95. The first-order valence-corrected chi connectivity index (χ1v) is 9.02. The zero-order valence-electron chi connectivity index (χ0n) is 15.2. The Balaban J connectivity index is 1.46. The first-order valence-electron chi connectivity index (χ1n) is 9.02. The number of nitrogens with zero attached hydrogens (tertiary/aromatic N) is 3. The lowest BCUT2D eigenvalue weighted by Gasteiger charge is -2.33. The van der Waals surface area contributed by atoms with Crippen LogP contribution < -0.4 is 15.5 Å². The highest BCUT2D eigenvalue weighted by Crippen LogP contribution is 2.23. The zero-order valence-corrected chi connectivity index (χ0v) is 15.2. The number of anilines is 2. The van der Waals surface area contributed by atoms with Gasteiger partial charge in [0.2, 0.25) is 0 Å². The number of carbonyl (C=O) groups is 2. The van der Waals surface area contributed by atoms with Crippen molar-refractivity contribution in [2.24, 2.45) is 5.92 Å². The third-order valence-corrected chi connectivity index (χ3v) is 4.70. The van der Waals surface area contributed by atoms with Crippen LogP contribution in [-0.2, 0) is 9.59 Å². The fraction of sp³-hybridized carbons (Fsp3) is 0.300. The number of pyridine rings is 1. The molecule has 2 amide bonds. The minimum Gasteiger partial charge on any atom is -0.356 e. The molecule has 1 aliphatic rings. The van der Waals surface area contributed by atoms with Gasteiger partial charge in [0.15, 0.2) is 0 Å². The third kappa shape index (κ3) is 4.62. The molecule has 0 saturated carbocycles. The lowest BCUT2D eigenvalue weighted by molar-refractivity contribution is -0.136. The first kappa shape index (κ1) is 19.3. The highest BCUT2D eigenvalue weighted by molar-refractivity contribution is 6.39. The molecule has 2 N–H and O–H groups in total. The second-order valence-corrected chi connectivity index (χ2v) is 6.56. The Kier molecular flexibility index (Phi) is 6.17. The minimum absolute atomic E-state index is 0.0281. The van der Waals surface area contributed by atoms with Crippen LogP contribution in [0.3, 0.4) is 0 Å². The van der Waals surface area contributed by atoms with Crippen molar-refractivity contribution >= 4 is 23.3 Å². The zero-order chi connectivity index (χ0) is 19.9. The Morgan fingerprint density at radius 1 is 1.18 bits per heavy atom. The smallest absolute Gasteiger partial charge is 0.313 e. The topological polar surface area (TPSA) is 98.1 Å². The van der Waals surface area contributed by atoms with Crippen molar-refractivity contribution < 1.29 is 14.0 Å². The molecule has 0 atom stereocenters. The van der Waals surface area contributed by atoms with Gasteiger partial charge in [-0.1, -0.05) is 12.1 Å². The molecule has 0 radical (unpaired) electrons. The van der Waals surface area contributed by atoms with Gasteiger partial charge in [-0.15, -0.1) is 0 Å². The number of halogens is 1. The van der Waals surface area contributed by atoms with Crippen LogP contribution in [0.2, 0.25) is 0 Å². The number of aromatic nitrogens is 1. The van der Waals surface area contributed by atoms with Crippen molar-refractivity contribution in [1.82, 2.24) is 10.3 Å². The number of carbonyl (C=O) groups excluding carboxylic acids is 2. The molecule has 0 bridgehead atoms. The summed E-state index contributed by atoms with van der Waals surface area (Å²) in [6, 6.07) is 11.3. The van der Waals surface area contributed by atoms with E-state index in [9.17, 15) is 19.2 Å². The molecule has 0 unspecified atom stereocenters. The number of rotatable bonds is 4. The fourth-order valence-electron chi connectivity index (χ4n) is 3.14. The number of nitriles is 1. The molecular formula is C20H20FN5O2. The van der Waals surface area contributed by atoms with E-state index in [2.05, 4.69) is 26.6 Å². The Morgan fingerprint density at radius 3 is 2.64 bits per heavy atom. The van der Waals surface area contributed by atoms with Crippen LogP contribution in [0.15, 0.2) is 42.6 Å². The van der Waals surface area contributed by atoms with Gasteiger partial charge < -0.3 is 15.5 Å². The molecular weight excluding hydrogens is 361 g/mol. The van der Waals surface area contributed by atoms with E-state index >= 15 is 0 Å². The number of nitrogens with one attached hydrogen (secondary N) is 2. The van der Waals surface area contributed by atoms with Crippen LogP contribution in [0.25, 0.3) is 0 Å². The molecule has 0 aliphatic carbocycles. The summed E-state index contributed by atoms with van der Waals surface area (Å²) < 4.78 is 13.5. The van der Waals surface area contributed by atoms with Crippen molar-refractivity contribution in [3.05, 3.63) is 54.0 Å². The van der Waals surface area contributed by atoms with Gasteiger partial charge in [0.1, 0.15) is 17.7 Å². The summed E-state index contributed by atoms with van der Waals surface area (Å²) in [5.74, 6) is -1.38. The molecule has 1 aromatic heterocycles. The van der Waals surface area contributed by atoms with Crippen molar-refractivity contribution in [2.75, 3.05) is 29.9 Å². The number of amides is 2. The maximum Gasteiger partial charge on any atom is 0.313 e. The number of para-hydroxylation sites is 1. The maximum absolute atomic E-state index is 13.5. The van der Waals surface area contributed by atoms with Crippen LogP contribution in [0.4, 0.5) is 15.9 Å². The van der Waals surface area contributed by atoms with Crippen molar-refractivity contribution in [2.45, 2.75) is 12.8 Å². The molecule has 1 aromatic carbocycles. The van der Waals surface area contributed by atoms with E-state index in [1.807, 2.05) is 0 Å². The van der Waals surface area contributed by atoms with Gasteiger partial charge in [0, 0.05) is 25.8 Å². The van der Waals surface area contributed by atoms with Gasteiger partial charge in [-0.25, -0.2) is 9.37 Å². The number of piperidine rings is 1. The molecule has 8 heteroatoms. The van der Waals surface area contributed by atoms with E-state index in [4.69, 9.17) is 0 Å². The average Bonchev–Trinajstić information content (AvgIpc) is 2.74. The van der Waals surface area contributed by atoms with Gasteiger partial charge in [-0.05, 0) is 43.0 Å². The largest absolute Gasteiger partial charge is 0.356 e. The van der Waals surface area contributed by atoms with E-state index in [1.54, 1.807) is 24.4 Å². The second-order valence-electron chi connectivity index (χ2n) is 6.56. The van der Waals surface area contributed by atoms with E-state index in [0.29, 0.717) is 31.0 Å².